The molecule has 1 fully saturated rings. The van der Waals surface area contributed by atoms with E-state index >= 15 is 0 Å². The van der Waals surface area contributed by atoms with Crippen molar-refractivity contribution in [2.45, 2.75) is 38.6 Å². The van der Waals surface area contributed by atoms with Crippen molar-refractivity contribution in [2.24, 2.45) is 0 Å². The van der Waals surface area contributed by atoms with E-state index in [9.17, 15) is 9.59 Å². The minimum atomic E-state index is -0.367. The van der Waals surface area contributed by atoms with Crippen molar-refractivity contribution < 1.29 is 14.3 Å². The van der Waals surface area contributed by atoms with Crippen LogP contribution in [0, 0.1) is 0 Å². The molecule has 0 aliphatic heterocycles. The van der Waals surface area contributed by atoms with Gasteiger partial charge in [0.25, 0.3) is 0 Å². The third kappa shape index (κ3) is 5.41. The molecule has 0 spiro atoms. The lowest BCUT2D eigenvalue weighted by atomic mass is 10.2. The number of aromatic nitrogens is 1. The second-order valence-corrected chi connectivity index (χ2v) is 5.02. The minimum absolute atomic E-state index is 0.116. The van der Waals surface area contributed by atoms with Gasteiger partial charge in [-0.1, -0.05) is 0 Å². The Labute approximate surface area is 124 Å². The summed E-state index contributed by atoms with van der Waals surface area (Å²) in [6.45, 7) is 2.78. The molecule has 1 aromatic heterocycles. The molecule has 6 heteroatoms. The Kier molecular flexibility index (Phi) is 5.54. The first-order valence-corrected chi connectivity index (χ1v) is 7.35. The largest absolute Gasteiger partial charge is 0.462 e. The molecule has 1 aliphatic carbocycles. The summed E-state index contributed by atoms with van der Waals surface area (Å²) in [5.41, 5.74) is 0.436. The van der Waals surface area contributed by atoms with Crippen LogP contribution in [-0.2, 0) is 9.53 Å². The van der Waals surface area contributed by atoms with Crippen LogP contribution in [0.5, 0.6) is 0 Å². The molecule has 1 heterocycles. The fourth-order valence-corrected chi connectivity index (χ4v) is 1.83. The Hall–Kier alpha value is -2.11. The van der Waals surface area contributed by atoms with Crippen molar-refractivity contribution in [3.63, 3.8) is 0 Å². The lowest BCUT2D eigenvalue weighted by molar-refractivity contribution is -0.121. The summed E-state index contributed by atoms with van der Waals surface area (Å²) >= 11 is 0. The lowest BCUT2D eigenvalue weighted by Crippen LogP contribution is -2.25. The van der Waals surface area contributed by atoms with Crippen molar-refractivity contribution in [3.05, 3.63) is 23.9 Å². The molecule has 114 valence electrons. The van der Waals surface area contributed by atoms with E-state index in [1.807, 2.05) is 0 Å². The van der Waals surface area contributed by atoms with Crippen molar-refractivity contribution >= 4 is 17.7 Å². The van der Waals surface area contributed by atoms with Gasteiger partial charge in [-0.3, -0.25) is 4.79 Å². The van der Waals surface area contributed by atoms with Gasteiger partial charge in [-0.25, -0.2) is 9.78 Å². The van der Waals surface area contributed by atoms with Crippen LogP contribution in [0.1, 0.15) is 43.0 Å². The monoisotopic (exact) mass is 291 g/mol. The van der Waals surface area contributed by atoms with E-state index < -0.39 is 0 Å². The van der Waals surface area contributed by atoms with Gasteiger partial charge in [-0.15, -0.1) is 0 Å². The number of nitrogens with one attached hydrogen (secondary N) is 2. The molecule has 1 saturated carbocycles. The Balaban J connectivity index is 1.65. The molecule has 2 rings (SSSR count). The fraction of sp³-hybridized carbons (Fsp3) is 0.533. The van der Waals surface area contributed by atoms with Gasteiger partial charge in [-0.2, -0.15) is 0 Å². The van der Waals surface area contributed by atoms with Crippen molar-refractivity contribution in [3.8, 4) is 0 Å². The topological polar surface area (TPSA) is 80.3 Å². The number of hydrogen-bond donors (Lipinski definition) is 2. The van der Waals surface area contributed by atoms with Crippen LogP contribution in [-0.4, -0.2) is 36.1 Å². The maximum atomic E-state index is 11.5. The predicted molar refractivity (Wildman–Crippen MR) is 79.1 cm³/mol. The number of carbonyl (C=O) groups excluding carboxylic acids is 2. The molecule has 0 saturated heterocycles. The quantitative estimate of drug-likeness (QED) is 0.563. The van der Waals surface area contributed by atoms with Gasteiger partial charge in [-0.05, 0) is 38.3 Å². The Morgan fingerprint density at radius 3 is 2.81 bits per heavy atom. The van der Waals surface area contributed by atoms with Crippen LogP contribution in [0.3, 0.4) is 0 Å². The second kappa shape index (κ2) is 7.61. The number of anilines is 1. The van der Waals surface area contributed by atoms with Crippen LogP contribution < -0.4 is 10.6 Å². The predicted octanol–water partition coefficient (Wildman–Crippen LogP) is 1.73. The number of ether oxygens (including phenoxy) is 1. The van der Waals surface area contributed by atoms with Crippen LogP contribution in [0.25, 0.3) is 0 Å². The van der Waals surface area contributed by atoms with Crippen LogP contribution in [0.2, 0.25) is 0 Å². The molecule has 0 bridgehead atoms. The zero-order chi connectivity index (χ0) is 15.1. The molecule has 0 unspecified atom stereocenters. The summed E-state index contributed by atoms with van der Waals surface area (Å²) in [5.74, 6) is 0.434. The highest BCUT2D eigenvalue weighted by atomic mass is 16.5. The first kappa shape index (κ1) is 15.3. The number of pyridine rings is 1. The highest BCUT2D eigenvalue weighted by Gasteiger charge is 2.22. The summed E-state index contributed by atoms with van der Waals surface area (Å²) in [6.07, 6.45) is 4.98. The van der Waals surface area contributed by atoms with Crippen molar-refractivity contribution in [2.75, 3.05) is 18.5 Å². The molecule has 6 nitrogen and oxygen atoms in total. The first-order chi connectivity index (χ1) is 10.2. The number of nitrogens with zero attached hydrogens (tertiary/aromatic N) is 1. The molecule has 1 aliphatic rings. The molecule has 1 amide bonds. The lowest BCUT2D eigenvalue weighted by Gasteiger charge is -2.07. The summed E-state index contributed by atoms with van der Waals surface area (Å²) < 4.78 is 4.89. The number of amides is 1. The average Bonchev–Trinajstić information content (AvgIpc) is 3.28. The molecule has 1 aromatic rings. The van der Waals surface area contributed by atoms with Gasteiger partial charge in [0.05, 0.1) is 12.2 Å². The molecule has 21 heavy (non-hydrogen) atoms. The van der Waals surface area contributed by atoms with E-state index in [-0.39, 0.29) is 11.9 Å². The highest BCUT2D eigenvalue weighted by Crippen LogP contribution is 2.18. The highest BCUT2D eigenvalue weighted by molar-refractivity contribution is 5.89. The summed E-state index contributed by atoms with van der Waals surface area (Å²) in [4.78, 5) is 27.1. The molecule has 0 atom stereocenters. The summed E-state index contributed by atoms with van der Waals surface area (Å²) in [7, 11) is 0. The van der Waals surface area contributed by atoms with E-state index in [0.29, 0.717) is 37.0 Å². The maximum absolute atomic E-state index is 11.5. The van der Waals surface area contributed by atoms with Gasteiger partial charge in [0, 0.05) is 25.2 Å². The van der Waals surface area contributed by atoms with Crippen LogP contribution in [0.4, 0.5) is 5.82 Å². The summed E-state index contributed by atoms with van der Waals surface area (Å²) in [6, 6.07) is 3.83. The van der Waals surface area contributed by atoms with E-state index in [4.69, 9.17) is 4.74 Å². The second-order valence-electron chi connectivity index (χ2n) is 5.02. The third-order valence-electron chi connectivity index (χ3n) is 3.10. The zero-order valence-corrected chi connectivity index (χ0v) is 12.2. The molecular weight excluding hydrogens is 270 g/mol. The summed E-state index contributed by atoms with van der Waals surface area (Å²) in [5, 5.41) is 6.07. The van der Waals surface area contributed by atoms with Gasteiger partial charge < -0.3 is 15.4 Å². The standard InChI is InChI=1S/C15H21N3O3/c1-2-21-15(20)11-5-8-13(17-10-11)16-9-3-4-14(19)18-12-6-7-12/h5,8,10,12H,2-4,6-7,9H2,1H3,(H,16,17)(H,18,19). The number of rotatable bonds is 8. The van der Waals surface area contributed by atoms with E-state index in [2.05, 4.69) is 15.6 Å². The van der Waals surface area contributed by atoms with Gasteiger partial charge in [0.1, 0.15) is 5.82 Å². The Morgan fingerprint density at radius 2 is 2.19 bits per heavy atom. The first-order valence-electron chi connectivity index (χ1n) is 7.35. The van der Waals surface area contributed by atoms with E-state index in [0.717, 1.165) is 19.3 Å². The zero-order valence-electron chi connectivity index (χ0n) is 12.2. The van der Waals surface area contributed by atoms with E-state index in [1.54, 1.807) is 19.1 Å². The number of esters is 1. The minimum Gasteiger partial charge on any atom is -0.462 e. The average molecular weight is 291 g/mol. The number of carbonyl (C=O) groups is 2. The number of hydrogen-bond acceptors (Lipinski definition) is 5. The third-order valence-corrected chi connectivity index (χ3v) is 3.10. The van der Waals surface area contributed by atoms with Crippen LogP contribution >= 0.6 is 0 Å². The van der Waals surface area contributed by atoms with E-state index in [1.165, 1.54) is 6.20 Å². The normalized spacial score (nSPS) is 13.6. The molecular formula is C15H21N3O3. The molecule has 0 aromatic carbocycles. The SMILES string of the molecule is CCOC(=O)c1ccc(NCCCC(=O)NC2CC2)nc1. The maximum Gasteiger partial charge on any atom is 0.339 e. The Bertz CT molecular complexity index is 483. The molecule has 2 N–H and O–H groups in total. The van der Waals surface area contributed by atoms with Crippen LogP contribution in [0.15, 0.2) is 18.3 Å². The van der Waals surface area contributed by atoms with Gasteiger partial charge in [0.2, 0.25) is 5.91 Å². The molecule has 0 radical (unpaired) electrons. The van der Waals surface area contributed by atoms with Gasteiger partial charge in [0.15, 0.2) is 0 Å². The van der Waals surface area contributed by atoms with Crippen molar-refractivity contribution in [1.82, 2.24) is 10.3 Å². The fourth-order valence-electron chi connectivity index (χ4n) is 1.83. The van der Waals surface area contributed by atoms with Crippen molar-refractivity contribution in [1.29, 1.82) is 0 Å². The Morgan fingerprint density at radius 1 is 1.38 bits per heavy atom. The smallest absolute Gasteiger partial charge is 0.339 e. The van der Waals surface area contributed by atoms with Gasteiger partial charge >= 0.3 is 5.97 Å².